The number of carbonyl (C=O) groups excluding carboxylic acids is 1. The summed E-state index contributed by atoms with van der Waals surface area (Å²) >= 11 is 0. The molecule has 1 heterocycles. The van der Waals surface area contributed by atoms with Crippen LogP contribution in [-0.2, 0) is 13.5 Å². The Kier molecular flexibility index (Phi) is 4.16. The van der Waals surface area contributed by atoms with Crippen LogP contribution in [-0.4, -0.2) is 22.8 Å². The number of nitrogens with two attached hydrogens (primary N) is 1. The molecule has 1 aromatic heterocycles. The molecule has 112 valence electrons. The van der Waals surface area contributed by atoms with Gasteiger partial charge in [0, 0.05) is 12.7 Å². The fourth-order valence-corrected chi connectivity index (χ4v) is 2.21. The van der Waals surface area contributed by atoms with Gasteiger partial charge in [0.1, 0.15) is 11.4 Å². The van der Waals surface area contributed by atoms with Crippen LogP contribution in [0.2, 0.25) is 0 Å². The van der Waals surface area contributed by atoms with Crippen LogP contribution in [0.15, 0.2) is 18.2 Å². The predicted molar refractivity (Wildman–Crippen MR) is 82.7 cm³/mol. The molecule has 0 fully saturated rings. The normalized spacial score (nSPS) is 10.5. The minimum Gasteiger partial charge on any atom is -0.497 e. The summed E-state index contributed by atoms with van der Waals surface area (Å²) in [5, 5.41) is 7.11. The van der Waals surface area contributed by atoms with Crippen molar-refractivity contribution in [3.05, 3.63) is 35.2 Å². The summed E-state index contributed by atoms with van der Waals surface area (Å²) in [6.07, 6.45) is 0.689. The molecule has 0 aliphatic rings. The lowest BCUT2D eigenvalue weighted by Gasteiger charge is -2.10. The number of aryl methyl sites for hydroxylation is 3. The van der Waals surface area contributed by atoms with Gasteiger partial charge in [-0.1, -0.05) is 6.92 Å². The van der Waals surface area contributed by atoms with Crippen molar-refractivity contribution in [2.45, 2.75) is 20.3 Å². The maximum Gasteiger partial charge on any atom is 0.276 e. The Balaban J connectivity index is 2.28. The summed E-state index contributed by atoms with van der Waals surface area (Å²) in [4.78, 5) is 12.4. The Morgan fingerprint density at radius 1 is 1.48 bits per heavy atom. The summed E-state index contributed by atoms with van der Waals surface area (Å²) in [6.45, 7) is 3.86. The number of anilines is 2. The zero-order valence-corrected chi connectivity index (χ0v) is 12.7. The van der Waals surface area contributed by atoms with E-state index in [0.717, 1.165) is 22.7 Å². The van der Waals surface area contributed by atoms with Gasteiger partial charge in [0.05, 0.1) is 18.5 Å². The van der Waals surface area contributed by atoms with E-state index in [9.17, 15) is 4.79 Å². The number of amides is 1. The van der Waals surface area contributed by atoms with Gasteiger partial charge in [-0.2, -0.15) is 5.10 Å². The second-order valence-corrected chi connectivity index (χ2v) is 4.82. The lowest BCUT2D eigenvalue weighted by atomic mass is 10.1. The Morgan fingerprint density at radius 2 is 2.19 bits per heavy atom. The number of benzene rings is 1. The van der Waals surface area contributed by atoms with Crippen LogP contribution in [0.4, 0.5) is 11.4 Å². The van der Waals surface area contributed by atoms with Crippen molar-refractivity contribution in [3.63, 3.8) is 0 Å². The van der Waals surface area contributed by atoms with Crippen LogP contribution < -0.4 is 15.8 Å². The van der Waals surface area contributed by atoms with Crippen molar-refractivity contribution in [2.24, 2.45) is 7.05 Å². The molecule has 6 heteroatoms. The molecule has 6 nitrogen and oxygen atoms in total. The third kappa shape index (κ3) is 2.84. The highest BCUT2D eigenvalue weighted by molar-refractivity contribution is 6.07. The fourth-order valence-electron chi connectivity index (χ4n) is 2.21. The first-order valence-corrected chi connectivity index (χ1v) is 6.75. The minimum absolute atomic E-state index is 0.268. The number of hydrogen-bond acceptors (Lipinski definition) is 4. The molecule has 2 aromatic rings. The highest BCUT2D eigenvalue weighted by Gasteiger charge is 2.19. The quantitative estimate of drug-likeness (QED) is 0.903. The molecule has 0 aliphatic carbocycles. The molecule has 2 rings (SSSR count). The topological polar surface area (TPSA) is 82.2 Å². The van der Waals surface area contributed by atoms with E-state index in [1.165, 1.54) is 4.68 Å². The summed E-state index contributed by atoms with van der Waals surface area (Å²) in [5.74, 6) is 0.481. The number of hydrogen-bond donors (Lipinski definition) is 2. The summed E-state index contributed by atoms with van der Waals surface area (Å²) in [7, 11) is 3.32. The van der Waals surface area contributed by atoms with E-state index in [0.29, 0.717) is 17.8 Å². The Morgan fingerprint density at radius 3 is 2.71 bits per heavy atom. The van der Waals surface area contributed by atoms with Gasteiger partial charge in [-0.15, -0.1) is 0 Å². The Labute approximate surface area is 123 Å². The fraction of sp³-hybridized carbons (Fsp3) is 0.333. The third-order valence-electron chi connectivity index (χ3n) is 3.39. The van der Waals surface area contributed by atoms with Gasteiger partial charge in [-0.3, -0.25) is 9.48 Å². The van der Waals surface area contributed by atoms with Crippen LogP contribution in [0.3, 0.4) is 0 Å². The largest absolute Gasteiger partial charge is 0.497 e. The van der Waals surface area contributed by atoms with E-state index in [1.54, 1.807) is 26.3 Å². The monoisotopic (exact) mass is 288 g/mol. The highest BCUT2D eigenvalue weighted by atomic mass is 16.5. The molecular weight excluding hydrogens is 268 g/mol. The second-order valence-electron chi connectivity index (χ2n) is 4.82. The van der Waals surface area contributed by atoms with Gasteiger partial charge in [0.15, 0.2) is 0 Å². The lowest BCUT2D eigenvalue weighted by Crippen LogP contribution is -2.18. The molecule has 0 saturated heterocycles. The van der Waals surface area contributed by atoms with E-state index in [4.69, 9.17) is 10.5 Å². The average Bonchev–Trinajstić information content (AvgIpc) is 2.75. The third-order valence-corrected chi connectivity index (χ3v) is 3.39. The van der Waals surface area contributed by atoms with E-state index >= 15 is 0 Å². The molecular formula is C15H20N4O2. The first kappa shape index (κ1) is 14.9. The average molecular weight is 288 g/mol. The Hall–Kier alpha value is -2.50. The van der Waals surface area contributed by atoms with Crippen LogP contribution in [0.5, 0.6) is 5.75 Å². The summed E-state index contributed by atoms with van der Waals surface area (Å²) in [5.41, 5.74) is 9.17. The smallest absolute Gasteiger partial charge is 0.276 e. The highest BCUT2D eigenvalue weighted by Crippen LogP contribution is 2.23. The van der Waals surface area contributed by atoms with E-state index in [2.05, 4.69) is 10.4 Å². The van der Waals surface area contributed by atoms with E-state index in [1.807, 2.05) is 19.9 Å². The van der Waals surface area contributed by atoms with Crippen molar-refractivity contribution >= 4 is 17.3 Å². The standard InChI is InChI=1S/C15H20N4O2/c1-5-11-13(16)14(19(3)18-11)15(20)17-12-7-6-10(21-4)8-9(12)2/h6-8H,5,16H2,1-4H3,(H,17,20). The first-order valence-electron chi connectivity index (χ1n) is 6.75. The lowest BCUT2D eigenvalue weighted by molar-refractivity contribution is 0.101. The zero-order chi connectivity index (χ0) is 15.6. The number of aromatic nitrogens is 2. The zero-order valence-electron chi connectivity index (χ0n) is 12.7. The maximum absolute atomic E-state index is 12.4. The van der Waals surface area contributed by atoms with Crippen molar-refractivity contribution in [1.82, 2.24) is 9.78 Å². The van der Waals surface area contributed by atoms with Gasteiger partial charge in [0.2, 0.25) is 0 Å². The number of ether oxygens (including phenoxy) is 1. The van der Waals surface area contributed by atoms with E-state index in [-0.39, 0.29) is 5.91 Å². The predicted octanol–water partition coefficient (Wildman–Crippen LogP) is 2.13. The number of methoxy groups -OCH3 is 1. The van der Waals surface area contributed by atoms with Crippen LogP contribution in [0.25, 0.3) is 0 Å². The van der Waals surface area contributed by atoms with E-state index < -0.39 is 0 Å². The molecule has 0 aliphatic heterocycles. The Bertz CT molecular complexity index is 677. The second kappa shape index (κ2) is 5.87. The molecule has 3 N–H and O–H groups in total. The SMILES string of the molecule is CCc1nn(C)c(C(=O)Nc2ccc(OC)cc2C)c1N. The molecule has 1 aromatic carbocycles. The van der Waals surface area contributed by atoms with Gasteiger partial charge < -0.3 is 15.8 Å². The molecule has 0 unspecified atom stereocenters. The van der Waals surface area contributed by atoms with Gasteiger partial charge in [0.25, 0.3) is 5.91 Å². The van der Waals surface area contributed by atoms with Crippen LogP contribution in [0, 0.1) is 6.92 Å². The van der Waals surface area contributed by atoms with Crippen molar-refractivity contribution in [2.75, 3.05) is 18.2 Å². The first-order chi connectivity index (χ1) is 9.97. The molecule has 0 bridgehead atoms. The van der Waals surface area contributed by atoms with Crippen molar-refractivity contribution < 1.29 is 9.53 Å². The van der Waals surface area contributed by atoms with Gasteiger partial charge >= 0.3 is 0 Å². The maximum atomic E-state index is 12.4. The number of nitrogens with one attached hydrogen (secondary N) is 1. The molecule has 0 radical (unpaired) electrons. The van der Waals surface area contributed by atoms with Crippen molar-refractivity contribution in [3.8, 4) is 5.75 Å². The number of nitrogens with zero attached hydrogens (tertiary/aromatic N) is 2. The van der Waals surface area contributed by atoms with Gasteiger partial charge in [-0.25, -0.2) is 0 Å². The van der Waals surface area contributed by atoms with Gasteiger partial charge in [-0.05, 0) is 37.1 Å². The molecule has 0 atom stereocenters. The van der Waals surface area contributed by atoms with Crippen molar-refractivity contribution in [1.29, 1.82) is 0 Å². The number of rotatable bonds is 4. The summed E-state index contributed by atoms with van der Waals surface area (Å²) in [6, 6.07) is 5.46. The summed E-state index contributed by atoms with van der Waals surface area (Å²) < 4.78 is 6.67. The minimum atomic E-state index is -0.268. The number of carbonyl (C=O) groups is 1. The molecule has 0 spiro atoms. The number of nitrogen functional groups attached to an aromatic ring is 1. The molecule has 1 amide bonds. The molecule has 0 saturated carbocycles. The van der Waals surface area contributed by atoms with Crippen LogP contribution >= 0.6 is 0 Å². The molecule has 21 heavy (non-hydrogen) atoms. The van der Waals surface area contributed by atoms with Crippen LogP contribution in [0.1, 0.15) is 28.7 Å².